The first kappa shape index (κ1) is 12.9. The standard InChI is InChI=1S/C11H23N2OPS/c1-11(2)16(14)15(12-7-3-4-8-12)13-9-5-6-10-13/h11H,3-10H2,1-2H3. The summed E-state index contributed by atoms with van der Waals surface area (Å²) in [5.74, 6) is 0. The van der Waals surface area contributed by atoms with Gasteiger partial charge in [-0.15, -0.1) is 0 Å². The summed E-state index contributed by atoms with van der Waals surface area (Å²) in [6.07, 6.45) is 5.17. The van der Waals surface area contributed by atoms with Crippen molar-refractivity contribution in [2.24, 2.45) is 0 Å². The SMILES string of the molecule is CC(C)S(=O)P(N1CCCC1)N1CCCC1. The van der Waals surface area contributed by atoms with E-state index in [9.17, 15) is 4.21 Å². The summed E-state index contributed by atoms with van der Waals surface area (Å²) in [5, 5.41) is 0.298. The summed E-state index contributed by atoms with van der Waals surface area (Å²) in [6, 6.07) is 0. The lowest BCUT2D eigenvalue weighted by Crippen LogP contribution is -2.29. The largest absolute Gasteiger partial charge is 0.259 e. The Kier molecular flexibility index (Phi) is 4.77. The smallest absolute Gasteiger partial charge is 0.137 e. The average Bonchev–Trinajstić information content (AvgIpc) is 2.89. The Morgan fingerprint density at radius 3 is 1.62 bits per heavy atom. The Bertz CT molecular complexity index is 234. The molecule has 2 aliphatic heterocycles. The van der Waals surface area contributed by atoms with E-state index in [1.807, 2.05) is 0 Å². The first-order chi connectivity index (χ1) is 7.70. The van der Waals surface area contributed by atoms with E-state index in [0.29, 0.717) is 5.25 Å². The topological polar surface area (TPSA) is 23.6 Å². The van der Waals surface area contributed by atoms with Crippen LogP contribution >= 0.6 is 7.42 Å². The van der Waals surface area contributed by atoms with E-state index < -0.39 is 17.8 Å². The predicted molar refractivity (Wildman–Crippen MR) is 71.8 cm³/mol. The molecule has 94 valence electrons. The molecule has 0 aliphatic carbocycles. The summed E-state index contributed by atoms with van der Waals surface area (Å²) in [4.78, 5) is 0. The van der Waals surface area contributed by atoms with Gasteiger partial charge in [0.2, 0.25) is 0 Å². The first-order valence-corrected chi connectivity index (χ1v) is 9.47. The number of rotatable bonds is 4. The first-order valence-electron chi connectivity index (χ1n) is 6.40. The molecule has 0 aromatic heterocycles. The van der Waals surface area contributed by atoms with Gasteiger partial charge in [-0.2, -0.15) is 0 Å². The van der Waals surface area contributed by atoms with Crippen LogP contribution in [0.4, 0.5) is 0 Å². The lowest BCUT2D eigenvalue weighted by atomic mass is 10.4. The van der Waals surface area contributed by atoms with Crippen molar-refractivity contribution >= 4 is 17.8 Å². The highest BCUT2D eigenvalue weighted by Crippen LogP contribution is 2.52. The molecule has 5 heteroatoms. The Labute approximate surface area is 103 Å². The molecule has 0 N–H and O–H groups in total. The fourth-order valence-electron chi connectivity index (χ4n) is 2.34. The Morgan fingerprint density at radius 2 is 1.31 bits per heavy atom. The van der Waals surface area contributed by atoms with Crippen LogP contribution in [0.1, 0.15) is 39.5 Å². The van der Waals surface area contributed by atoms with E-state index in [4.69, 9.17) is 0 Å². The molecule has 0 saturated carbocycles. The lowest BCUT2D eigenvalue weighted by molar-refractivity contribution is 0.485. The molecule has 1 atom stereocenters. The molecule has 0 spiro atoms. The molecule has 2 aliphatic rings. The third kappa shape index (κ3) is 2.84. The minimum absolute atomic E-state index is 0.298. The fraction of sp³-hybridized carbons (Fsp3) is 1.00. The highest BCUT2D eigenvalue weighted by atomic mass is 32.7. The van der Waals surface area contributed by atoms with Crippen molar-refractivity contribution in [3.8, 4) is 0 Å². The third-order valence-electron chi connectivity index (χ3n) is 3.21. The average molecular weight is 262 g/mol. The number of nitrogens with zero attached hydrogens (tertiary/aromatic N) is 2. The molecule has 16 heavy (non-hydrogen) atoms. The van der Waals surface area contributed by atoms with Crippen LogP contribution in [-0.4, -0.2) is 45.0 Å². The van der Waals surface area contributed by atoms with Crippen molar-refractivity contribution in [2.45, 2.75) is 44.8 Å². The van der Waals surface area contributed by atoms with Gasteiger partial charge in [-0.3, -0.25) is 13.5 Å². The van der Waals surface area contributed by atoms with Crippen LogP contribution in [0.25, 0.3) is 0 Å². The lowest BCUT2D eigenvalue weighted by Gasteiger charge is -2.34. The van der Waals surface area contributed by atoms with Crippen LogP contribution in [0.5, 0.6) is 0 Å². The molecule has 0 radical (unpaired) electrons. The summed E-state index contributed by atoms with van der Waals surface area (Å²) < 4.78 is 17.5. The second-order valence-electron chi connectivity index (χ2n) is 4.90. The number of hydrogen-bond acceptors (Lipinski definition) is 3. The van der Waals surface area contributed by atoms with Crippen LogP contribution in [0.15, 0.2) is 0 Å². The Hall–Kier alpha value is 0.500. The van der Waals surface area contributed by atoms with Crippen LogP contribution < -0.4 is 0 Å². The highest BCUT2D eigenvalue weighted by molar-refractivity contribution is 8.45. The van der Waals surface area contributed by atoms with Crippen LogP contribution in [-0.2, 0) is 10.4 Å². The van der Waals surface area contributed by atoms with Crippen LogP contribution in [0.2, 0.25) is 0 Å². The summed E-state index contributed by atoms with van der Waals surface area (Å²) >= 11 is 0. The van der Waals surface area contributed by atoms with Gasteiger partial charge in [0.05, 0.1) is 10.4 Å². The zero-order valence-electron chi connectivity index (χ0n) is 10.4. The van der Waals surface area contributed by atoms with Crippen molar-refractivity contribution in [3.63, 3.8) is 0 Å². The molecular formula is C11H23N2OPS. The van der Waals surface area contributed by atoms with E-state index in [0.717, 1.165) is 0 Å². The molecule has 0 amide bonds. The van der Waals surface area contributed by atoms with E-state index in [-0.39, 0.29) is 0 Å². The second kappa shape index (κ2) is 5.90. The molecule has 1 unspecified atom stereocenters. The Morgan fingerprint density at radius 1 is 0.938 bits per heavy atom. The maximum atomic E-state index is 12.5. The maximum Gasteiger partial charge on any atom is 0.137 e. The highest BCUT2D eigenvalue weighted by Gasteiger charge is 2.35. The van der Waals surface area contributed by atoms with E-state index in [1.165, 1.54) is 51.9 Å². The van der Waals surface area contributed by atoms with Crippen molar-refractivity contribution in [2.75, 3.05) is 26.2 Å². The van der Waals surface area contributed by atoms with Gasteiger partial charge in [-0.25, -0.2) is 0 Å². The van der Waals surface area contributed by atoms with Crippen molar-refractivity contribution < 1.29 is 4.21 Å². The van der Waals surface area contributed by atoms with Gasteiger partial charge in [0.15, 0.2) is 0 Å². The zero-order chi connectivity index (χ0) is 11.5. The predicted octanol–water partition coefficient (Wildman–Crippen LogP) is 2.56. The maximum absolute atomic E-state index is 12.5. The molecule has 2 heterocycles. The van der Waals surface area contributed by atoms with E-state index >= 15 is 0 Å². The minimum Gasteiger partial charge on any atom is -0.259 e. The quantitative estimate of drug-likeness (QED) is 0.728. The van der Waals surface area contributed by atoms with Crippen LogP contribution in [0, 0.1) is 0 Å². The third-order valence-corrected chi connectivity index (χ3v) is 9.73. The monoisotopic (exact) mass is 262 g/mol. The molecule has 0 aromatic rings. The molecule has 2 fully saturated rings. The van der Waals surface area contributed by atoms with E-state index in [1.54, 1.807) is 0 Å². The van der Waals surface area contributed by atoms with Gasteiger partial charge >= 0.3 is 0 Å². The molecule has 0 bridgehead atoms. The van der Waals surface area contributed by atoms with E-state index in [2.05, 4.69) is 23.2 Å². The summed E-state index contributed by atoms with van der Waals surface area (Å²) in [5.41, 5.74) is 0. The molecule has 3 nitrogen and oxygen atoms in total. The van der Waals surface area contributed by atoms with Gasteiger partial charge in [-0.1, -0.05) is 13.8 Å². The molecule has 2 saturated heterocycles. The molecule has 0 aromatic carbocycles. The summed E-state index contributed by atoms with van der Waals surface area (Å²) in [6.45, 7) is 8.86. The van der Waals surface area contributed by atoms with Gasteiger partial charge in [0.1, 0.15) is 7.42 Å². The molecular weight excluding hydrogens is 239 g/mol. The van der Waals surface area contributed by atoms with Crippen LogP contribution in [0.3, 0.4) is 0 Å². The number of hydrogen-bond donors (Lipinski definition) is 0. The van der Waals surface area contributed by atoms with Gasteiger partial charge < -0.3 is 0 Å². The van der Waals surface area contributed by atoms with Crippen molar-refractivity contribution in [1.29, 1.82) is 0 Å². The zero-order valence-corrected chi connectivity index (χ0v) is 12.1. The Balaban J connectivity index is 2.07. The van der Waals surface area contributed by atoms with Crippen molar-refractivity contribution in [1.82, 2.24) is 9.34 Å². The summed E-state index contributed by atoms with van der Waals surface area (Å²) in [7, 11) is -1.20. The second-order valence-corrected chi connectivity index (χ2v) is 10.1. The molecule has 2 rings (SSSR count). The van der Waals surface area contributed by atoms with Gasteiger partial charge in [-0.05, 0) is 25.7 Å². The van der Waals surface area contributed by atoms with Crippen molar-refractivity contribution in [3.05, 3.63) is 0 Å². The van der Waals surface area contributed by atoms with Gasteiger partial charge in [0.25, 0.3) is 0 Å². The fourth-order valence-corrected chi connectivity index (χ4v) is 8.26. The minimum atomic E-state index is -0.673. The normalized spacial score (nSPS) is 26.0. The van der Waals surface area contributed by atoms with Gasteiger partial charge in [0, 0.05) is 31.4 Å².